The molecule has 138 valence electrons. The molecule has 27 heavy (non-hydrogen) atoms. The van der Waals surface area contributed by atoms with E-state index in [1.165, 1.54) is 0 Å². The molecule has 0 unspecified atom stereocenters. The van der Waals surface area contributed by atoms with Crippen molar-refractivity contribution in [3.8, 4) is 0 Å². The second-order valence-electron chi connectivity index (χ2n) is 6.19. The summed E-state index contributed by atoms with van der Waals surface area (Å²) in [5.74, 6) is -0.663. The second-order valence-corrected chi connectivity index (χ2v) is 6.19. The van der Waals surface area contributed by atoms with E-state index in [9.17, 15) is 14.7 Å². The molecule has 0 aliphatic carbocycles. The molecule has 0 aliphatic rings. The van der Waals surface area contributed by atoms with Crippen LogP contribution in [0.15, 0.2) is 67.4 Å². The van der Waals surface area contributed by atoms with Gasteiger partial charge in [-0.15, -0.1) is 0 Å². The van der Waals surface area contributed by atoms with Crippen molar-refractivity contribution < 1.29 is 14.7 Å². The first kappa shape index (κ1) is 18.4. The number of hydrogen-bond donors (Lipinski definition) is 4. The molecule has 6 nitrogen and oxygen atoms in total. The van der Waals surface area contributed by atoms with Crippen LogP contribution in [0.25, 0.3) is 10.9 Å². The van der Waals surface area contributed by atoms with Crippen molar-refractivity contribution >= 4 is 28.4 Å². The Morgan fingerprint density at radius 2 is 2.00 bits per heavy atom. The Kier molecular flexibility index (Phi) is 5.68. The zero-order chi connectivity index (χ0) is 19.2. The smallest absolute Gasteiger partial charge is 0.251 e. The fourth-order valence-corrected chi connectivity index (χ4v) is 2.93. The Hall–Kier alpha value is -3.38. The van der Waals surface area contributed by atoms with Crippen LogP contribution >= 0.6 is 0 Å². The third kappa shape index (κ3) is 4.43. The number of nitrogens with one attached hydrogen (secondary N) is 3. The van der Waals surface area contributed by atoms with Crippen molar-refractivity contribution in [2.24, 2.45) is 0 Å². The average Bonchev–Trinajstić information content (AvgIpc) is 3.10. The first-order valence-electron chi connectivity index (χ1n) is 8.61. The Balaban J connectivity index is 1.71. The number of amides is 2. The van der Waals surface area contributed by atoms with Crippen LogP contribution in [-0.4, -0.2) is 34.6 Å². The van der Waals surface area contributed by atoms with Gasteiger partial charge in [0.25, 0.3) is 5.91 Å². The molecule has 0 aliphatic heterocycles. The van der Waals surface area contributed by atoms with Crippen molar-refractivity contribution in [1.29, 1.82) is 0 Å². The molecule has 3 aromatic rings. The third-order valence-corrected chi connectivity index (χ3v) is 4.27. The average molecular weight is 363 g/mol. The molecule has 6 heteroatoms. The predicted molar refractivity (Wildman–Crippen MR) is 106 cm³/mol. The third-order valence-electron chi connectivity index (χ3n) is 4.27. The van der Waals surface area contributed by atoms with Crippen LogP contribution < -0.4 is 10.6 Å². The normalized spacial score (nSPS) is 11.7. The molecular formula is C21H21N3O3. The predicted octanol–water partition coefficient (Wildman–Crippen LogP) is 2.63. The molecule has 0 spiro atoms. The Morgan fingerprint density at radius 1 is 1.19 bits per heavy atom. The molecule has 0 bridgehead atoms. The summed E-state index contributed by atoms with van der Waals surface area (Å²) in [5.41, 5.74) is 2.94. The van der Waals surface area contributed by atoms with Crippen LogP contribution in [0, 0.1) is 0 Å². The summed E-state index contributed by atoms with van der Waals surface area (Å²) in [6.07, 6.45) is 3.56. The molecule has 4 N–H and O–H groups in total. The van der Waals surface area contributed by atoms with Gasteiger partial charge in [-0.2, -0.15) is 0 Å². The number of aromatic nitrogens is 1. The van der Waals surface area contributed by atoms with E-state index in [1.807, 2.05) is 30.5 Å². The van der Waals surface area contributed by atoms with Gasteiger partial charge in [-0.3, -0.25) is 9.59 Å². The number of anilines is 1. The van der Waals surface area contributed by atoms with Gasteiger partial charge in [0.15, 0.2) is 0 Å². The molecular weight excluding hydrogens is 342 g/mol. The largest absolute Gasteiger partial charge is 0.394 e. The highest BCUT2D eigenvalue weighted by Crippen LogP contribution is 2.19. The summed E-state index contributed by atoms with van der Waals surface area (Å²) in [6.45, 7) is 3.22. The zero-order valence-corrected chi connectivity index (χ0v) is 14.7. The molecule has 1 heterocycles. The maximum absolute atomic E-state index is 12.6. The lowest BCUT2D eigenvalue weighted by atomic mass is 10.0. The highest BCUT2D eigenvalue weighted by atomic mass is 16.3. The Morgan fingerprint density at radius 3 is 2.78 bits per heavy atom. The highest BCUT2D eigenvalue weighted by molar-refractivity contribution is 6.00. The standard InChI is InChI=1S/C21H21N3O3/c1-2-20(26)23-16-7-5-6-14(10-16)21(27)24-17(13-25)11-15-12-22-19-9-4-3-8-18(15)19/h2-10,12,17,22,25H,1,11,13H2,(H,23,26)(H,24,27)/t17-/m0/s1. The number of carbonyl (C=O) groups excluding carboxylic acids is 2. The van der Waals surface area contributed by atoms with E-state index in [-0.39, 0.29) is 18.4 Å². The number of para-hydroxylation sites is 1. The number of rotatable bonds is 7. The number of aliphatic hydroxyl groups is 1. The maximum atomic E-state index is 12.6. The van der Waals surface area contributed by atoms with Crippen molar-refractivity contribution in [3.05, 3.63) is 78.5 Å². The summed E-state index contributed by atoms with van der Waals surface area (Å²) in [6, 6.07) is 14.1. The van der Waals surface area contributed by atoms with Crippen LogP contribution in [0.4, 0.5) is 5.69 Å². The van der Waals surface area contributed by atoms with Crippen molar-refractivity contribution in [2.45, 2.75) is 12.5 Å². The second kappa shape index (κ2) is 8.33. The van der Waals surface area contributed by atoms with Crippen molar-refractivity contribution in [1.82, 2.24) is 10.3 Å². The number of hydrogen-bond acceptors (Lipinski definition) is 3. The van der Waals surface area contributed by atoms with Gasteiger partial charge in [0.05, 0.1) is 12.6 Å². The van der Waals surface area contributed by atoms with Crippen LogP contribution in [0.3, 0.4) is 0 Å². The van der Waals surface area contributed by atoms with E-state index in [0.29, 0.717) is 17.7 Å². The summed E-state index contributed by atoms with van der Waals surface area (Å²) < 4.78 is 0. The number of aromatic amines is 1. The highest BCUT2D eigenvalue weighted by Gasteiger charge is 2.16. The van der Waals surface area contributed by atoms with E-state index >= 15 is 0 Å². The SMILES string of the molecule is C=CC(=O)Nc1cccc(C(=O)N[C@H](CO)Cc2c[nH]c3ccccc23)c1. The molecule has 2 amide bonds. The van der Waals surface area contributed by atoms with Gasteiger partial charge in [-0.05, 0) is 42.3 Å². The van der Waals surface area contributed by atoms with Gasteiger partial charge < -0.3 is 20.7 Å². The summed E-state index contributed by atoms with van der Waals surface area (Å²) in [4.78, 5) is 27.1. The van der Waals surface area contributed by atoms with E-state index < -0.39 is 6.04 Å². The van der Waals surface area contributed by atoms with Crippen molar-refractivity contribution in [3.63, 3.8) is 0 Å². The maximum Gasteiger partial charge on any atom is 0.251 e. The molecule has 0 radical (unpaired) electrons. The minimum absolute atomic E-state index is 0.182. The van der Waals surface area contributed by atoms with E-state index in [4.69, 9.17) is 0 Å². The minimum Gasteiger partial charge on any atom is -0.394 e. The number of H-pyrrole nitrogens is 1. The summed E-state index contributed by atoms with van der Waals surface area (Å²) in [5, 5.41) is 16.2. The molecule has 0 saturated carbocycles. The number of fused-ring (bicyclic) bond motifs is 1. The van der Waals surface area contributed by atoms with Gasteiger partial charge in [0, 0.05) is 28.4 Å². The van der Waals surface area contributed by atoms with Crippen LogP contribution in [0.2, 0.25) is 0 Å². The van der Waals surface area contributed by atoms with Crippen molar-refractivity contribution in [2.75, 3.05) is 11.9 Å². The Bertz CT molecular complexity index is 977. The summed E-state index contributed by atoms with van der Waals surface area (Å²) >= 11 is 0. The van der Waals surface area contributed by atoms with Gasteiger partial charge in [0.2, 0.25) is 5.91 Å². The van der Waals surface area contributed by atoms with Gasteiger partial charge in [0.1, 0.15) is 0 Å². The first-order chi connectivity index (χ1) is 13.1. The number of aliphatic hydroxyl groups excluding tert-OH is 1. The van der Waals surface area contributed by atoms with E-state index in [1.54, 1.807) is 24.3 Å². The molecule has 0 fully saturated rings. The fraction of sp³-hybridized carbons (Fsp3) is 0.143. The molecule has 1 aromatic heterocycles. The lowest BCUT2D eigenvalue weighted by Gasteiger charge is -2.16. The lowest BCUT2D eigenvalue weighted by molar-refractivity contribution is -0.111. The summed E-state index contributed by atoms with van der Waals surface area (Å²) in [7, 11) is 0. The van der Waals surface area contributed by atoms with Gasteiger partial charge >= 0.3 is 0 Å². The number of carbonyl (C=O) groups is 2. The zero-order valence-electron chi connectivity index (χ0n) is 14.7. The van der Waals surface area contributed by atoms with E-state index in [2.05, 4.69) is 22.2 Å². The van der Waals surface area contributed by atoms with E-state index in [0.717, 1.165) is 22.5 Å². The molecule has 1 atom stereocenters. The molecule has 3 rings (SSSR count). The monoisotopic (exact) mass is 363 g/mol. The quantitative estimate of drug-likeness (QED) is 0.486. The molecule has 0 saturated heterocycles. The fourth-order valence-electron chi connectivity index (χ4n) is 2.93. The van der Waals surface area contributed by atoms with Crippen LogP contribution in [0.5, 0.6) is 0 Å². The number of benzene rings is 2. The topological polar surface area (TPSA) is 94.2 Å². The van der Waals surface area contributed by atoms with Gasteiger partial charge in [-0.25, -0.2) is 0 Å². The minimum atomic E-state index is -0.428. The van der Waals surface area contributed by atoms with Crippen LogP contribution in [-0.2, 0) is 11.2 Å². The Labute approximate surface area is 156 Å². The first-order valence-corrected chi connectivity index (χ1v) is 8.61. The molecule has 2 aromatic carbocycles. The van der Waals surface area contributed by atoms with Crippen LogP contribution in [0.1, 0.15) is 15.9 Å². The van der Waals surface area contributed by atoms with Gasteiger partial charge in [-0.1, -0.05) is 30.8 Å². The lowest BCUT2D eigenvalue weighted by Crippen LogP contribution is -2.39.